The second kappa shape index (κ2) is 5.34. The minimum Gasteiger partial charge on any atom is -0.506 e. The molecule has 1 aromatic rings. The van der Waals surface area contributed by atoms with Crippen LogP contribution in [0.5, 0.6) is 11.5 Å². The number of anilines is 1. The molecule has 0 spiro atoms. The molecular weight excluding hydrogens is 218 g/mol. The Morgan fingerprint density at radius 1 is 1.47 bits per heavy atom. The number of ether oxygens (including phenoxy) is 1. The lowest BCUT2D eigenvalue weighted by atomic mass is 10.2. The monoisotopic (exact) mass is 233 g/mol. The summed E-state index contributed by atoms with van der Waals surface area (Å²) in [5, 5.41) is 15.6. The van der Waals surface area contributed by atoms with E-state index < -0.39 is 0 Å². The molecule has 0 fully saturated rings. The molecule has 0 aromatic heterocycles. The Labute approximate surface area is 100 Å². The molecule has 0 saturated heterocycles. The summed E-state index contributed by atoms with van der Waals surface area (Å²) >= 11 is 0. The van der Waals surface area contributed by atoms with Crippen LogP contribution in [0, 0.1) is 0 Å². The zero-order valence-corrected chi connectivity index (χ0v) is 9.71. The zero-order valence-electron chi connectivity index (χ0n) is 9.71. The Bertz CT molecular complexity index is 443. The van der Waals surface area contributed by atoms with Crippen molar-refractivity contribution < 1.29 is 9.84 Å². The summed E-state index contributed by atoms with van der Waals surface area (Å²) in [6.07, 6.45) is 4.12. The van der Waals surface area contributed by atoms with E-state index >= 15 is 0 Å². The van der Waals surface area contributed by atoms with Crippen LogP contribution in [0.2, 0.25) is 0 Å². The lowest BCUT2D eigenvalue weighted by Gasteiger charge is -2.19. The second-order valence-corrected chi connectivity index (χ2v) is 3.64. The van der Waals surface area contributed by atoms with Crippen LogP contribution in [0.15, 0.2) is 28.3 Å². The Balaban J connectivity index is 2.13. The van der Waals surface area contributed by atoms with Gasteiger partial charge in [-0.15, -0.1) is 0 Å². The number of rotatable bonds is 4. The normalized spacial score (nSPS) is 14.1. The fraction of sp³-hybridized carbons (Fsp3) is 0.333. The highest BCUT2D eigenvalue weighted by atomic mass is 16.5. The third-order valence-electron chi connectivity index (χ3n) is 2.32. The maximum atomic E-state index is 9.90. The third kappa shape index (κ3) is 2.75. The highest BCUT2D eigenvalue weighted by Crippen LogP contribution is 2.31. The summed E-state index contributed by atoms with van der Waals surface area (Å²) in [5.74, 6) is 0.828. The average Bonchev–Trinajstić information content (AvgIpc) is 2.37. The van der Waals surface area contributed by atoms with E-state index in [1.807, 2.05) is 13.0 Å². The smallest absolute Gasteiger partial charge is 0.144 e. The predicted octanol–water partition coefficient (Wildman–Crippen LogP) is 2.02. The van der Waals surface area contributed by atoms with Crippen LogP contribution in [0.4, 0.5) is 5.69 Å². The van der Waals surface area contributed by atoms with Crippen LogP contribution < -0.4 is 9.75 Å². The quantitative estimate of drug-likeness (QED) is 0.865. The molecule has 0 unspecified atom stereocenters. The van der Waals surface area contributed by atoms with Crippen LogP contribution in [0.1, 0.15) is 13.3 Å². The van der Waals surface area contributed by atoms with E-state index in [-0.39, 0.29) is 5.75 Å². The minimum atomic E-state index is 0.158. The van der Waals surface area contributed by atoms with Crippen molar-refractivity contribution >= 4 is 18.2 Å². The summed E-state index contributed by atoms with van der Waals surface area (Å²) in [4.78, 5) is 3.88. The molecule has 5 heteroatoms. The number of nitrogens with zero attached hydrogens (tertiary/aromatic N) is 3. The van der Waals surface area contributed by atoms with Crippen LogP contribution >= 0.6 is 0 Å². The van der Waals surface area contributed by atoms with E-state index in [0.29, 0.717) is 24.6 Å². The Hall–Kier alpha value is -2.04. The number of benzene rings is 1. The summed E-state index contributed by atoms with van der Waals surface area (Å²) in [5.41, 5.74) is 0.649. The van der Waals surface area contributed by atoms with Gasteiger partial charge >= 0.3 is 0 Å². The lowest BCUT2D eigenvalue weighted by molar-refractivity contribution is 0.315. The van der Waals surface area contributed by atoms with Gasteiger partial charge in [0.15, 0.2) is 0 Å². The second-order valence-electron chi connectivity index (χ2n) is 3.64. The molecule has 0 saturated carbocycles. The summed E-state index contributed by atoms with van der Waals surface area (Å²) in [6.45, 7) is 3.24. The molecule has 0 aliphatic carbocycles. The highest BCUT2D eigenvalue weighted by Gasteiger charge is 2.11. The maximum absolute atomic E-state index is 9.90. The van der Waals surface area contributed by atoms with Crippen molar-refractivity contribution in [3.05, 3.63) is 18.2 Å². The van der Waals surface area contributed by atoms with Gasteiger partial charge in [0.25, 0.3) is 0 Å². The standard InChI is InChI=1S/C12H15N3O2/c1-2-7-17-10-3-4-11(12(16)8-10)15-6-5-13-9-14-15/h3-5,8-9,16H,2,6-7H2,1H3. The fourth-order valence-electron chi connectivity index (χ4n) is 1.50. The molecule has 1 N–H and O–H groups in total. The van der Waals surface area contributed by atoms with Gasteiger partial charge in [-0.1, -0.05) is 6.92 Å². The van der Waals surface area contributed by atoms with Crippen molar-refractivity contribution in [3.8, 4) is 11.5 Å². The molecule has 90 valence electrons. The van der Waals surface area contributed by atoms with Gasteiger partial charge in [0, 0.05) is 12.3 Å². The molecule has 17 heavy (non-hydrogen) atoms. The molecule has 0 atom stereocenters. The molecule has 0 bridgehead atoms. The van der Waals surface area contributed by atoms with E-state index in [4.69, 9.17) is 4.74 Å². The van der Waals surface area contributed by atoms with E-state index in [0.717, 1.165) is 6.42 Å². The van der Waals surface area contributed by atoms with Crippen molar-refractivity contribution in [2.75, 3.05) is 18.2 Å². The molecule has 1 aliphatic heterocycles. The first-order chi connectivity index (χ1) is 8.31. The molecule has 5 nitrogen and oxygen atoms in total. The van der Waals surface area contributed by atoms with E-state index in [1.54, 1.807) is 23.4 Å². The van der Waals surface area contributed by atoms with Gasteiger partial charge in [-0.25, -0.2) is 4.99 Å². The van der Waals surface area contributed by atoms with Crippen molar-refractivity contribution in [2.45, 2.75) is 13.3 Å². The number of phenols is 1. The Morgan fingerprint density at radius 2 is 2.35 bits per heavy atom. The molecule has 2 rings (SSSR count). The van der Waals surface area contributed by atoms with E-state index in [2.05, 4.69) is 10.1 Å². The maximum Gasteiger partial charge on any atom is 0.144 e. The van der Waals surface area contributed by atoms with Crippen LogP contribution in [-0.4, -0.2) is 30.8 Å². The largest absolute Gasteiger partial charge is 0.506 e. The number of hydrogen-bond acceptors (Lipinski definition) is 5. The van der Waals surface area contributed by atoms with Gasteiger partial charge in [-0.3, -0.25) is 5.01 Å². The first-order valence-electron chi connectivity index (χ1n) is 5.58. The molecule has 1 aromatic carbocycles. The van der Waals surface area contributed by atoms with Gasteiger partial charge in [0.2, 0.25) is 0 Å². The Morgan fingerprint density at radius 3 is 3.00 bits per heavy atom. The average molecular weight is 233 g/mol. The number of hydrogen-bond donors (Lipinski definition) is 1. The summed E-state index contributed by atoms with van der Waals surface area (Å²) in [7, 11) is 0. The minimum absolute atomic E-state index is 0.158. The van der Waals surface area contributed by atoms with Gasteiger partial charge in [0.05, 0.1) is 13.2 Å². The molecular formula is C12H15N3O2. The first kappa shape index (κ1) is 11.4. The van der Waals surface area contributed by atoms with Gasteiger partial charge in [-0.05, 0) is 18.6 Å². The van der Waals surface area contributed by atoms with Gasteiger partial charge < -0.3 is 9.84 Å². The number of hydrazone groups is 1. The fourth-order valence-corrected chi connectivity index (χ4v) is 1.50. The van der Waals surface area contributed by atoms with Gasteiger partial charge in [-0.2, -0.15) is 5.10 Å². The number of phenolic OH excluding ortho intramolecular Hbond substituents is 1. The van der Waals surface area contributed by atoms with Crippen molar-refractivity contribution in [2.24, 2.45) is 10.1 Å². The number of aromatic hydroxyl groups is 1. The number of aliphatic imine (C=N–C) groups is 1. The SMILES string of the molecule is CCCOc1ccc(N2CC=NC=N2)c(O)c1. The van der Waals surface area contributed by atoms with Crippen LogP contribution in [0.3, 0.4) is 0 Å². The summed E-state index contributed by atoms with van der Waals surface area (Å²) < 4.78 is 5.44. The molecule has 1 aliphatic rings. The van der Waals surface area contributed by atoms with Crippen LogP contribution in [0.25, 0.3) is 0 Å². The topological polar surface area (TPSA) is 57.4 Å². The Kier molecular flexibility index (Phi) is 3.59. The van der Waals surface area contributed by atoms with Crippen molar-refractivity contribution in [1.29, 1.82) is 0 Å². The molecule has 1 heterocycles. The lowest BCUT2D eigenvalue weighted by Crippen LogP contribution is -2.21. The van der Waals surface area contributed by atoms with Gasteiger partial charge in [0.1, 0.15) is 23.5 Å². The molecule has 0 radical (unpaired) electrons. The van der Waals surface area contributed by atoms with E-state index in [9.17, 15) is 5.11 Å². The zero-order chi connectivity index (χ0) is 12.1. The van der Waals surface area contributed by atoms with Crippen molar-refractivity contribution in [3.63, 3.8) is 0 Å². The van der Waals surface area contributed by atoms with E-state index in [1.165, 1.54) is 6.34 Å². The first-order valence-corrected chi connectivity index (χ1v) is 5.58. The van der Waals surface area contributed by atoms with Crippen molar-refractivity contribution in [1.82, 2.24) is 0 Å². The van der Waals surface area contributed by atoms with Crippen LogP contribution in [-0.2, 0) is 0 Å². The molecule has 0 amide bonds. The summed E-state index contributed by atoms with van der Waals surface area (Å²) in [6, 6.07) is 5.22. The predicted molar refractivity (Wildman–Crippen MR) is 68.2 cm³/mol. The third-order valence-corrected chi connectivity index (χ3v) is 2.32. The highest BCUT2D eigenvalue weighted by molar-refractivity contribution is 5.80.